The standard InChI is InChI=1S/C22H34N2O3/c1-15(2)14-27-22(26)23-20(16(3)4)21(25)24-12-10-19(11-13-24)18-8-6-17(5)7-9-18/h6-9,15-16,19-20H,10-14H2,1-5H3,(H,23,26). The number of carbonyl (C=O) groups is 2. The van der Waals surface area contributed by atoms with Gasteiger partial charge in [-0.1, -0.05) is 57.5 Å². The Bertz CT molecular complexity index is 617. The highest BCUT2D eigenvalue weighted by atomic mass is 16.5. The minimum absolute atomic E-state index is 0.00569. The highest BCUT2D eigenvalue weighted by Gasteiger charge is 2.31. The van der Waals surface area contributed by atoms with E-state index >= 15 is 0 Å². The number of hydrogen-bond acceptors (Lipinski definition) is 3. The van der Waals surface area contributed by atoms with Gasteiger partial charge in [-0.05, 0) is 43.1 Å². The van der Waals surface area contributed by atoms with Crippen LogP contribution in [0.2, 0.25) is 0 Å². The summed E-state index contributed by atoms with van der Waals surface area (Å²) in [4.78, 5) is 26.9. The van der Waals surface area contributed by atoms with E-state index in [0.717, 1.165) is 25.9 Å². The molecule has 0 spiro atoms. The second-order valence-electron chi connectivity index (χ2n) is 8.37. The summed E-state index contributed by atoms with van der Waals surface area (Å²) in [6, 6.07) is 8.14. The van der Waals surface area contributed by atoms with Gasteiger partial charge >= 0.3 is 6.09 Å². The van der Waals surface area contributed by atoms with Crippen LogP contribution < -0.4 is 5.32 Å². The Balaban J connectivity index is 1.91. The van der Waals surface area contributed by atoms with Crippen LogP contribution in [-0.2, 0) is 9.53 Å². The van der Waals surface area contributed by atoms with E-state index in [9.17, 15) is 9.59 Å². The number of rotatable bonds is 6. The summed E-state index contributed by atoms with van der Waals surface area (Å²) in [5, 5.41) is 2.77. The van der Waals surface area contributed by atoms with Gasteiger partial charge in [0.25, 0.3) is 0 Å². The summed E-state index contributed by atoms with van der Waals surface area (Å²) in [5.74, 6) is 0.772. The van der Waals surface area contributed by atoms with Crippen molar-refractivity contribution in [3.05, 3.63) is 35.4 Å². The third-order valence-corrected chi connectivity index (χ3v) is 5.11. The predicted molar refractivity (Wildman–Crippen MR) is 108 cm³/mol. The highest BCUT2D eigenvalue weighted by Crippen LogP contribution is 2.28. The van der Waals surface area contributed by atoms with Gasteiger partial charge in [-0.25, -0.2) is 4.79 Å². The first-order valence-electron chi connectivity index (χ1n) is 10.1. The van der Waals surface area contributed by atoms with Gasteiger partial charge in [0.05, 0.1) is 6.61 Å². The molecule has 2 rings (SSSR count). The van der Waals surface area contributed by atoms with E-state index in [4.69, 9.17) is 4.74 Å². The maximum Gasteiger partial charge on any atom is 0.407 e. The zero-order valence-electron chi connectivity index (χ0n) is 17.3. The number of likely N-dealkylation sites (tertiary alicyclic amines) is 1. The molecule has 1 aliphatic rings. The summed E-state index contributed by atoms with van der Waals surface area (Å²) in [5.41, 5.74) is 2.62. The van der Waals surface area contributed by atoms with Gasteiger partial charge in [0.2, 0.25) is 5.91 Å². The van der Waals surface area contributed by atoms with Gasteiger partial charge in [0.15, 0.2) is 0 Å². The zero-order chi connectivity index (χ0) is 20.0. The quantitative estimate of drug-likeness (QED) is 0.815. The Morgan fingerprint density at radius 1 is 1.11 bits per heavy atom. The molecule has 1 unspecified atom stereocenters. The molecule has 150 valence electrons. The van der Waals surface area contributed by atoms with Gasteiger partial charge < -0.3 is 15.0 Å². The molecule has 27 heavy (non-hydrogen) atoms. The number of alkyl carbamates (subject to hydrolysis) is 1. The van der Waals surface area contributed by atoms with Crippen molar-refractivity contribution in [2.75, 3.05) is 19.7 Å². The third-order valence-electron chi connectivity index (χ3n) is 5.11. The molecule has 2 amide bonds. The van der Waals surface area contributed by atoms with Crippen molar-refractivity contribution < 1.29 is 14.3 Å². The molecule has 0 aliphatic carbocycles. The van der Waals surface area contributed by atoms with Crippen molar-refractivity contribution in [3.8, 4) is 0 Å². The van der Waals surface area contributed by atoms with Gasteiger partial charge in [-0.15, -0.1) is 0 Å². The molecule has 0 aromatic heterocycles. The SMILES string of the molecule is Cc1ccc(C2CCN(C(=O)C(NC(=O)OCC(C)C)C(C)C)CC2)cc1. The second kappa shape index (κ2) is 9.77. The minimum Gasteiger partial charge on any atom is -0.449 e. The van der Waals surface area contributed by atoms with E-state index in [1.807, 2.05) is 32.6 Å². The van der Waals surface area contributed by atoms with Gasteiger partial charge in [0.1, 0.15) is 6.04 Å². The van der Waals surface area contributed by atoms with E-state index in [1.54, 1.807) is 0 Å². The topological polar surface area (TPSA) is 58.6 Å². The molecule has 1 saturated heterocycles. The average molecular weight is 375 g/mol. The molecule has 1 N–H and O–H groups in total. The largest absolute Gasteiger partial charge is 0.449 e. The van der Waals surface area contributed by atoms with Crippen LogP contribution in [0.5, 0.6) is 0 Å². The fourth-order valence-corrected chi connectivity index (χ4v) is 3.39. The number of nitrogens with one attached hydrogen (secondary N) is 1. The van der Waals surface area contributed by atoms with E-state index < -0.39 is 12.1 Å². The minimum atomic E-state index is -0.541. The Kier molecular flexibility index (Phi) is 7.69. The molecule has 0 radical (unpaired) electrons. The number of piperidine rings is 1. The molecular formula is C22H34N2O3. The summed E-state index contributed by atoms with van der Waals surface area (Å²) >= 11 is 0. The number of amides is 2. The lowest BCUT2D eigenvalue weighted by atomic mass is 9.88. The molecule has 0 saturated carbocycles. The number of carbonyl (C=O) groups excluding carboxylic acids is 2. The van der Waals surface area contributed by atoms with Crippen molar-refractivity contribution in [2.45, 2.75) is 59.4 Å². The molecule has 0 bridgehead atoms. The molecule has 5 nitrogen and oxygen atoms in total. The lowest BCUT2D eigenvalue weighted by Crippen LogP contribution is -2.53. The van der Waals surface area contributed by atoms with Crippen LogP contribution in [0.25, 0.3) is 0 Å². The normalized spacial score (nSPS) is 16.5. The number of nitrogens with zero attached hydrogens (tertiary/aromatic N) is 1. The summed E-state index contributed by atoms with van der Waals surface area (Å²) in [7, 11) is 0. The molecule has 1 atom stereocenters. The maximum atomic E-state index is 13.0. The second-order valence-corrected chi connectivity index (χ2v) is 8.37. The Morgan fingerprint density at radius 3 is 2.22 bits per heavy atom. The highest BCUT2D eigenvalue weighted by molar-refractivity contribution is 5.86. The Hall–Kier alpha value is -2.04. The Labute approximate surface area is 163 Å². The van der Waals surface area contributed by atoms with E-state index in [-0.39, 0.29) is 17.7 Å². The average Bonchev–Trinajstić information content (AvgIpc) is 2.64. The first-order valence-corrected chi connectivity index (χ1v) is 10.1. The van der Waals surface area contributed by atoms with Crippen LogP contribution >= 0.6 is 0 Å². The molecule has 1 aliphatic heterocycles. The number of benzene rings is 1. The fraction of sp³-hybridized carbons (Fsp3) is 0.636. The molecule has 1 fully saturated rings. The zero-order valence-corrected chi connectivity index (χ0v) is 17.3. The van der Waals surface area contributed by atoms with Crippen molar-refractivity contribution >= 4 is 12.0 Å². The third kappa shape index (κ3) is 6.26. The summed E-state index contributed by atoms with van der Waals surface area (Å²) in [6.45, 7) is 11.8. The van der Waals surface area contributed by atoms with Gasteiger partial charge in [-0.3, -0.25) is 4.79 Å². The molecule has 5 heteroatoms. The fourth-order valence-electron chi connectivity index (χ4n) is 3.39. The molecule has 1 heterocycles. The molecular weight excluding hydrogens is 340 g/mol. The van der Waals surface area contributed by atoms with Crippen molar-refractivity contribution in [2.24, 2.45) is 11.8 Å². The van der Waals surface area contributed by atoms with Crippen LogP contribution in [0, 0.1) is 18.8 Å². The summed E-state index contributed by atoms with van der Waals surface area (Å²) < 4.78 is 5.19. The summed E-state index contributed by atoms with van der Waals surface area (Å²) in [6.07, 6.45) is 1.40. The van der Waals surface area contributed by atoms with Gasteiger partial charge in [-0.2, -0.15) is 0 Å². The molecule has 1 aromatic carbocycles. The number of aryl methyl sites for hydroxylation is 1. The van der Waals surface area contributed by atoms with Crippen LogP contribution in [-0.4, -0.2) is 42.6 Å². The van der Waals surface area contributed by atoms with Crippen molar-refractivity contribution in [1.82, 2.24) is 10.2 Å². The van der Waals surface area contributed by atoms with Crippen LogP contribution in [0.4, 0.5) is 4.79 Å². The van der Waals surface area contributed by atoms with E-state index in [1.165, 1.54) is 11.1 Å². The van der Waals surface area contributed by atoms with Crippen LogP contribution in [0.1, 0.15) is 57.6 Å². The van der Waals surface area contributed by atoms with E-state index in [0.29, 0.717) is 12.5 Å². The predicted octanol–water partition coefficient (Wildman–Crippen LogP) is 4.11. The maximum absolute atomic E-state index is 13.0. The monoisotopic (exact) mass is 374 g/mol. The first-order chi connectivity index (χ1) is 12.8. The number of hydrogen-bond donors (Lipinski definition) is 1. The lowest BCUT2D eigenvalue weighted by molar-refractivity contribution is -0.135. The van der Waals surface area contributed by atoms with Crippen molar-refractivity contribution in [3.63, 3.8) is 0 Å². The van der Waals surface area contributed by atoms with E-state index in [2.05, 4.69) is 36.5 Å². The van der Waals surface area contributed by atoms with Gasteiger partial charge in [0, 0.05) is 13.1 Å². The lowest BCUT2D eigenvalue weighted by Gasteiger charge is -2.35. The van der Waals surface area contributed by atoms with Crippen LogP contribution in [0.3, 0.4) is 0 Å². The number of ether oxygens (including phenoxy) is 1. The first kappa shape index (κ1) is 21.3. The molecule has 1 aromatic rings. The smallest absolute Gasteiger partial charge is 0.407 e. The Morgan fingerprint density at radius 2 is 1.70 bits per heavy atom. The van der Waals surface area contributed by atoms with Crippen molar-refractivity contribution in [1.29, 1.82) is 0 Å². The van der Waals surface area contributed by atoms with Crippen LogP contribution in [0.15, 0.2) is 24.3 Å².